The summed E-state index contributed by atoms with van der Waals surface area (Å²) in [7, 11) is 0. The molecule has 0 fully saturated rings. The fourth-order valence-corrected chi connectivity index (χ4v) is 2.09. The SMILES string of the molecule is Cc1ccc(OCCC(=O)OCC(=O)NC(=O)NCc2ccccc2)cc1. The van der Waals surface area contributed by atoms with Gasteiger partial charge in [0, 0.05) is 6.54 Å². The van der Waals surface area contributed by atoms with E-state index in [1.165, 1.54) is 0 Å². The maximum absolute atomic E-state index is 11.6. The zero-order valence-corrected chi connectivity index (χ0v) is 15.1. The van der Waals surface area contributed by atoms with Crippen LogP contribution in [0.1, 0.15) is 17.5 Å². The Balaban J connectivity index is 1.57. The van der Waals surface area contributed by atoms with Gasteiger partial charge in [0.1, 0.15) is 5.75 Å². The number of aryl methyl sites for hydroxylation is 1. The molecule has 0 saturated carbocycles. The van der Waals surface area contributed by atoms with E-state index in [2.05, 4.69) is 10.6 Å². The summed E-state index contributed by atoms with van der Waals surface area (Å²) < 4.78 is 10.2. The standard InChI is InChI=1S/C20H22N2O5/c1-15-7-9-17(10-8-15)26-12-11-19(24)27-14-18(23)22-20(25)21-13-16-5-3-2-4-6-16/h2-10H,11-14H2,1H3,(H2,21,22,23,25). The number of benzene rings is 2. The molecule has 0 bridgehead atoms. The fourth-order valence-electron chi connectivity index (χ4n) is 2.09. The Kier molecular flexibility index (Phi) is 7.84. The lowest BCUT2D eigenvalue weighted by Gasteiger charge is -2.08. The van der Waals surface area contributed by atoms with Crippen LogP contribution in [0.2, 0.25) is 0 Å². The second-order valence-electron chi connectivity index (χ2n) is 5.79. The summed E-state index contributed by atoms with van der Waals surface area (Å²) in [6.45, 7) is 1.87. The summed E-state index contributed by atoms with van der Waals surface area (Å²) >= 11 is 0. The maximum Gasteiger partial charge on any atom is 0.321 e. The zero-order valence-electron chi connectivity index (χ0n) is 15.1. The van der Waals surface area contributed by atoms with Crippen LogP contribution in [0.4, 0.5) is 4.79 Å². The first-order chi connectivity index (χ1) is 13.0. The van der Waals surface area contributed by atoms with E-state index in [0.29, 0.717) is 5.75 Å². The number of urea groups is 1. The number of hydrogen-bond acceptors (Lipinski definition) is 5. The number of ether oxygens (including phenoxy) is 2. The number of nitrogens with one attached hydrogen (secondary N) is 2. The summed E-state index contributed by atoms with van der Waals surface area (Å²) in [6, 6.07) is 16.0. The van der Waals surface area contributed by atoms with Gasteiger partial charge in [0.2, 0.25) is 0 Å². The molecule has 0 unspecified atom stereocenters. The average molecular weight is 370 g/mol. The highest BCUT2D eigenvalue weighted by Crippen LogP contribution is 2.11. The lowest BCUT2D eigenvalue weighted by atomic mass is 10.2. The molecule has 142 valence electrons. The first-order valence-corrected chi connectivity index (χ1v) is 8.49. The number of rotatable bonds is 8. The lowest BCUT2D eigenvalue weighted by Crippen LogP contribution is -2.41. The molecule has 0 spiro atoms. The first kappa shape index (κ1) is 20.0. The molecule has 0 atom stereocenters. The van der Waals surface area contributed by atoms with Crippen LogP contribution in [0.3, 0.4) is 0 Å². The Morgan fingerprint density at radius 3 is 2.37 bits per heavy atom. The van der Waals surface area contributed by atoms with E-state index in [9.17, 15) is 14.4 Å². The van der Waals surface area contributed by atoms with Crippen LogP contribution >= 0.6 is 0 Å². The normalized spacial score (nSPS) is 9.96. The lowest BCUT2D eigenvalue weighted by molar-refractivity contribution is -0.148. The molecule has 2 rings (SSSR count). The Bertz CT molecular complexity index is 760. The van der Waals surface area contributed by atoms with Gasteiger partial charge < -0.3 is 14.8 Å². The third kappa shape index (κ3) is 8.04. The fraction of sp³-hybridized carbons (Fsp3) is 0.250. The molecule has 3 amide bonds. The second kappa shape index (κ2) is 10.6. The van der Waals surface area contributed by atoms with Gasteiger partial charge in [-0.2, -0.15) is 0 Å². The molecule has 2 aromatic rings. The highest BCUT2D eigenvalue weighted by molar-refractivity contribution is 5.95. The number of esters is 1. The minimum absolute atomic E-state index is 0.00135. The molecule has 0 aliphatic heterocycles. The minimum atomic E-state index is -0.701. The Morgan fingerprint density at radius 1 is 0.963 bits per heavy atom. The summed E-state index contributed by atoms with van der Waals surface area (Å²) in [5, 5.41) is 4.64. The van der Waals surface area contributed by atoms with Crippen LogP contribution in [-0.2, 0) is 20.9 Å². The van der Waals surface area contributed by atoms with Crippen molar-refractivity contribution in [2.75, 3.05) is 13.2 Å². The topological polar surface area (TPSA) is 93.7 Å². The number of hydrogen-bond donors (Lipinski definition) is 2. The van der Waals surface area contributed by atoms with Crippen molar-refractivity contribution in [3.05, 3.63) is 65.7 Å². The molecule has 0 aliphatic carbocycles. The van der Waals surface area contributed by atoms with Crippen molar-refractivity contribution in [2.45, 2.75) is 19.9 Å². The van der Waals surface area contributed by atoms with Crippen molar-refractivity contribution < 1.29 is 23.9 Å². The highest BCUT2D eigenvalue weighted by Gasteiger charge is 2.11. The average Bonchev–Trinajstić information content (AvgIpc) is 2.67. The monoisotopic (exact) mass is 370 g/mol. The van der Waals surface area contributed by atoms with E-state index in [-0.39, 0.29) is 19.6 Å². The Labute approximate surface area is 157 Å². The largest absolute Gasteiger partial charge is 0.493 e. The van der Waals surface area contributed by atoms with E-state index >= 15 is 0 Å². The second-order valence-corrected chi connectivity index (χ2v) is 5.79. The van der Waals surface area contributed by atoms with Crippen LogP contribution in [0.5, 0.6) is 5.75 Å². The Morgan fingerprint density at radius 2 is 1.67 bits per heavy atom. The molecule has 27 heavy (non-hydrogen) atoms. The predicted octanol–water partition coefficient (Wildman–Crippen LogP) is 2.33. The van der Waals surface area contributed by atoms with Crippen LogP contribution in [0.25, 0.3) is 0 Å². The van der Waals surface area contributed by atoms with Gasteiger partial charge in [-0.25, -0.2) is 4.79 Å². The first-order valence-electron chi connectivity index (χ1n) is 8.49. The maximum atomic E-state index is 11.6. The molecule has 0 aromatic heterocycles. The molecular formula is C20H22N2O5. The molecule has 0 aliphatic rings. The van der Waals surface area contributed by atoms with Gasteiger partial charge in [-0.3, -0.25) is 14.9 Å². The molecular weight excluding hydrogens is 348 g/mol. The zero-order chi connectivity index (χ0) is 19.5. The van der Waals surface area contributed by atoms with Crippen LogP contribution in [-0.4, -0.2) is 31.1 Å². The van der Waals surface area contributed by atoms with Gasteiger partial charge in [-0.1, -0.05) is 48.0 Å². The molecule has 2 aromatic carbocycles. The number of carbonyl (C=O) groups excluding carboxylic acids is 3. The van der Waals surface area contributed by atoms with E-state index in [1.54, 1.807) is 0 Å². The van der Waals surface area contributed by atoms with Gasteiger partial charge in [0.05, 0.1) is 13.0 Å². The molecule has 0 radical (unpaired) electrons. The van der Waals surface area contributed by atoms with Gasteiger partial charge in [0.15, 0.2) is 6.61 Å². The van der Waals surface area contributed by atoms with Gasteiger partial charge in [0.25, 0.3) is 5.91 Å². The van der Waals surface area contributed by atoms with Gasteiger partial charge >= 0.3 is 12.0 Å². The number of imide groups is 1. The number of carbonyl (C=O) groups is 3. The quantitative estimate of drug-likeness (QED) is 0.696. The number of amides is 3. The third-order valence-electron chi connectivity index (χ3n) is 3.51. The highest BCUT2D eigenvalue weighted by atomic mass is 16.5. The van der Waals surface area contributed by atoms with E-state index in [4.69, 9.17) is 9.47 Å². The Hall–Kier alpha value is -3.35. The van der Waals surface area contributed by atoms with Crippen LogP contribution in [0.15, 0.2) is 54.6 Å². The summed E-state index contributed by atoms with van der Waals surface area (Å²) in [5.74, 6) is -0.628. The van der Waals surface area contributed by atoms with Crippen molar-refractivity contribution in [1.82, 2.24) is 10.6 Å². The summed E-state index contributed by atoms with van der Waals surface area (Å²) in [4.78, 5) is 34.8. The summed E-state index contributed by atoms with van der Waals surface area (Å²) in [5.41, 5.74) is 2.01. The summed E-state index contributed by atoms with van der Waals surface area (Å²) in [6.07, 6.45) is 0.00135. The van der Waals surface area contributed by atoms with Crippen molar-refractivity contribution in [2.24, 2.45) is 0 Å². The van der Waals surface area contributed by atoms with Crippen molar-refractivity contribution in [3.8, 4) is 5.75 Å². The van der Waals surface area contributed by atoms with Crippen molar-refractivity contribution >= 4 is 17.9 Å². The smallest absolute Gasteiger partial charge is 0.321 e. The van der Waals surface area contributed by atoms with Gasteiger partial charge in [-0.05, 0) is 24.6 Å². The predicted molar refractivity (Wildman–Crippen MR) is 99.1 cm³/mol. The van der Waals surface area contributed by atoms with E-state index in [0.717, 1.165) is 11.1 Å². The van der Waals surface area contributed by atoms with Crippen LogP contribution in [0, 0.1) is 6.92 Å². The van der Waals surface area contributed by atoms with E-state index < -0.39 is 24.5 Å². The molecule has 0 heterocycles. The molecule has 7 heteroatoms. The third-order valence-corrected chi connectivity index (χ3v) is 3.51. The van der Waals surface area contributed by atoms with Crippen molar-refractivity contribution in [3.63, 3.8) is 0 Å². The van der Waals surface area contributed by atoms with Crippen molar-refractivity contribution in [1.29, 1.82) is 0 Å². The van der Waals surface area contributed by atoms with Gasteiger partial charge in [-0.15, -0.1) is 0 Å². The molecule has 7 nitrogen and oxygen atoms in total. The van der Waals surface area contributed by atoms with Crippen LogP contribution < -0.4 is 15.4 Å². The minimum Gasteiger partial charge on any atom is -0.493 e. The molecule has 0 saturated heterocycles. The molecule has 2 N–H and O–H groups in total. The van der Waals surface area contributed by atoms with E-state index in [1.807, 2.05) is 61.5 Å².